The van der Waals surface area contributed by atoms with Crippen LogP contribution in [-0.4, -0.2) is 67.6 Å². The standard InChI is InChI=1S/C25H33FN6O4/c1-15(2)30-24-29-8-16(3)22(31-24)28-9-19-7-25(13-34,14-35)12-32(23(36)21(19)27)10-18-6-20(26)5-4-17(18)11-33/h4-6,8-9,15,27,33-35H,7,10-14H2,1-3H3,(H2,28,29,30,31)/b19-9-,27-21?. The van der Waals surface area contributed by atoms with Crippen LogP contribution in [0, 0.1) is 23.6 Å². The largest absolute Gasteiger partial charge is 0.396 e. The third kappa shape index (κ3) is 6.23. The fourth-order valence-corrected chi connectivity index (χ4v) is 4.01. The first-order valence-electron chi connectivity index (χ1n) is 11.6. The number of carbonyl (C=O) groups excluding carboxylic acids is 1. The van der Waals surface area contributed by atoms with E-state index in [1.807, 2.05) is 20.8 Å². The van der Waals surface area contributed by atoms with Crippen LogP contribution in [0.1, 0.15) is 37.0 Å². The SMILES string of the molecule is Cc1cnc(NC(C)C)nc1N/C=C1/CC(CO)(CO)CN(Cc2cc(F)ccc2CO)C(=O)C1=N. The first-order valence-corrected chi connectivity index (χ1v) is 11.6. The number of benzene rings is 1. The molecular formula is C25H33FN6O4. The second-order valence-corrected chi connectivity index (χ2v) is 9.44. The van der Waals surface area contributed by atoms with Crippen LogP contribution in [0.15, 0.2) is 36.2 Å². The first kappa shape index (κ1) is 27.2. The van der Waals surface area contributed by atoms with Crippen molar-refractivity contribution in [3.05, 3.63) is 58.7 Å². The molecule has 1 aromatic carbocycles. The highest BCUT2D eigenvalue weighted by Gasteiger charge is 2.40. The number of anilines is 2. The summed E-state index contributed by atoms with van der Waals surface area (Å²) < 4.78 is 13.9. The van der Waals surface area contributed by atoms with Crippen molar-refractivity contribution in [3.8, 4) is 0 Å². The number of likely N-dealkylation sites (tertiary alicyclic amines) is 1. The normalized spacial score (nSPS) is 17.0. The van der Waals surface area contributed by atoms with E-state index in [2.05, 4.69) is 20.6 Å². The van der Waals surface area contributed by atoms with Gasteiger partial charge < -0.3 is 30.9 Å². The van der Waals surface area contributed by atoms with Crippen molar-refractivity contribution < 1.29 is 24.5 Å². The number of nitrogens with one attached hydrogen (secondary N) is 3. The molecule has 1 aromatic heterocycles. The third-order valence-electron chi connectivity index (χ3n) is 6.06. The molecule has 194 valence electrons. The van der Waals surface area contributed by atoms with Crippen LogP contribution in [0.2, 0.25) is 0 Å². The van der Waals surface area contributed by atoms with Crippen LogP contribution in [0.3, 0.4) is 0 Å². The Balaban J connectivity index is 1.94. The van der Waals surface area contributed by atoms with Crippen LogP contribution in [0.25, 0.3) is 0 Å². The molecule has 2 heterocycles. The molecular weight excluding hydrogens is 467 g/mol. The van der Waals surface area contributed by atoms with Crippen LogP contribution < -0.4 is 10.6 Å². The maximum Gasteiger partial charge on any atom is 0.272 e. The molecule has 0 aliphatic carbocycles. The number of carbonyl (C=O) groups is 1. The fraction of sp³-hybridized carbons (Fsp3) is 0.440. The van der Waals surface area contributed by atoms with Crippen molar-refractivity contribution in [3.63, 3.8) is 0 Å². The van der Waals surface area contributed by atoms with E-state index in [0.717, 1.165) is 5.56 Å². The zero-order chi connectivity index (χ0) is 26.5. The number of aromatic nitrogens is 2. The first-order chi connectivity index (χ1) is 17.1. The number of halogens is 1. The molecule has 1 fully saturated rings. The van der Waals surface area contributed by atoms with Crippen LogP contribution in [0.4, 0.5) is 16.2 Å². The Kier molecular flexibility index (Phi) is 8.72. The molecule has 1 aliphatic rings. The Morgan fingerprint density at radius 2 is 1.97 bits per heavy atom. The molecule has 1 amide bonds. The average Bonchev–Trinajstić information content (AvgIpc) is 2.95. The summed E-state index contributed by atoms with van der Waals surface area (Å²) in [5.41, 5.74) is 0.400. The van der Waals surface area contributed by atoms with Gasteiger partial charge in [0, 0.05) is 42.5 Å². The molecule has 10 nitrogen and oxygen atoms in total. The monoisotopic (exact) mass is 500 g/mol. The maximum atomic E-state index is 13.9. The predicted octanol–water partition coefficient (Wildman–Crippen LogP) is 1.96. The molecule has 11 heteroatoms. The fourth-order valence-electron chi connectivity index (χ4n) is 4.01. The minimum atomic E-state index is -1.14. The molecule has 0 bridgehead atoms. The van der Waals surface area contributed by atoms with Gasteiger partial charge in [0.05, 0.1) is 19.8 Å². The van der Waals surface area contributed by atoms with Gasteiger partial charge in [-0.3, -0.25) is 10.2 Å². The van der Waals surface area contributed by atoms with E-state index < -0.39 is 30.4 Å². The molecule has 0 unspecified atom stereocenters. The van der Waals surface area contributed by atoms with Gasteiger partial charge in [-0.25, -0.2) is 9.37 Å². The van der Waals surface area contributed by atoms with E-state index in [9.17, 15) is 24.5 Å². The quantitative estimate of drug-likeness (QED) is 0.305. The van der Waals surface area contributed by atoms with E-state index in [4.69, 9.17) is 5.41 Å². The second kappa shape index (κ2) is 11.5. The van der Waals surface area contributed by atoms with Gasteiger partial charge in [0.2, 0.25) is 5.95 Å². The van der Waals surface area contributed by atoms with Crippen molar-refractivity contribution >= 4 is 23.4 Å². The van der Waals surface area contributed by atoms with Gasteiger partial charge in [0.15, 0.2) is 0 Å². The third-order valence-corrected chi connectivity index (χ3v) is 6.06. The molecule has 3 rings (SSSR count). The summed E-state index contributed by atoms with van der Waals surface area (Å²) in [5, 5.41) is 44.8. The van der Waals surface area contributed by atoms with Crippen molar-refractivity contribution in [1.29, 1.82) is 5.41 Å². The highest BCUT2D eigenvalue weighted by atomic mass is 19.1. The lowest BCUT2D eigenvalue weighted by molar-refractivity contribution is -0.126. The summed E-state index contributed by atoms with van der Waals surface area (Å²) in [6, 6.07) is 4.00. The lowest BCUT2D eigenvalue weighted by atomic mass is 9.82. The number of amides is 1. The van der Waals surface area contributed by atoms with Gasteiger partial charge in [-0.1, -0.05) is 6.07 Å². The molecule has 0 atom stereocenters. The maximum absolute atomic E-state index is 13.9. The summed E-state index contributed by atoms with van der Waals surface area (Å²) in [6.45, 7) is 4.35. The smallest absolute Gasteiger partial charge is 0.272 e. The van der Waals surface area contributed by atoms with Crippen molar-refractivity contribution in [2.24, 2.45) is 5.41 Å². The van der Waals surface area contributed by atoms with Gasteiger partial charge in [-0.15, -0.1) is 0 Å². The van der Waals surface area contributed by atoms with Crippen LogP contribution >= 0.6 is 0 Å². The molecule has 6 N–H and O–H groups in total. The number of aryl methyl sites for hydroxylation is 1. The zero-order valence-electron chi connectivity index (χ0n) is 20.7. The van der Waals surface area contributed by atoms with Gasteiger partial charge >= 0.3 is 0 Å². The summed E-state index contributed by atoms with van der Waals surface area (Å²) in [4.78, 5) is 23.3. The minimum absolute atomic E-state index is 0.0469. The number of hydrogen-bond acceptors (Lipinski definition) is 9. The topological polar surface area (TPSA) is 155 Å². The lowest BCUT2D eigenvalue weighted by Gasteiger charge is -2.33. The highest BCUT2D eigenvalue weighted by Crippen LogP contribution is 2.32. The lowest BCUT2D eigenvalue weighted by Crippen LogP contribution is -2.43. The molecule has 1 saturated heterocycles. The van der Waals surface area contributed by atoms with Crippen LogP contribution in [-0.2, 0) is 17.9 Å². The van der Waals surface area contributed by atoms with Crippen molar-refractivity contribution in [2.45, 2.75) is 46.4 Å². The van der Waals surface area contributed by atoms with Crippen molar-refractivity contribution in [1.82, 2.24) is 14.9 Å². The zero-order valence-corrected chi connectivity index (χ0v) is 20.7. The summed E-state index contributed by atoms with van der Waals surface area (Å²) in [6.07, 6.45) is 3.18. The van der Waals surface area contributed by atoms with E-state index >= 15 is 0 Å². The highest BCUT2D eigenvalue weighted by molar-refractivity contribution is 6.44. The van der Waals surface area contributed by atoms with Gasteiger partial charge in [0.25, 0.3) is 5.91 Å². The molecule has 2 aromatic rings. The number of aliphatic hydroxyl groups excluding tert-OH is 3. The van der Waals surface area contributed by atoms with E-state index in [1.54, 1.807) is 6.20 Å². The Morgan fingerprint density at radius 3 is 2.61 bits per heavy atom. The summed E-state index contributed by atoms with van der Waals surface area (Å²) in [7, 11) is 0. The van der Waals surface area contributed by atoms with Crippen LogP contribution in [0.5, 0.6) is 0 Å². The molecule has 36 heavy (non-hydrogen) atoms. The number of aliphatic hydroxyl groups is 3. The molecule has 1 aliphatic heterocycles. The predicted molar refractivity (Wildman–Crippen MR) is 134 cm³/mol. The molecule has 0 spiro atoms. The number of hydrogen-bond donors (Lipinski definition) is 6. The molecule has 0 radical (unpaired) electrons. The Hall–Kier alpha value is -3.41. The van der Waals surface area contributed by atoms with E-state index in [0.29, 0.717) is 22.9 Å². The van der Waals surface area contributed by atoms with E-state index in [-0.39, 0.29) is 43.4 Å². The van der Waals surface area contributed by atoms with E-state index in [1.165, 1.54) is 29.3 Å². The Labute approximate surface area is 209 Å². The van der Waals surface area contributed by atoms with Gasteiger partial charge in [-0.05, 0) is 56.0 Å². The van der Waals surface area contributed by atoms with Gasteiger partial charge in [-0.2, -0.15) is 4.98 Å². The number of nitrogens with zero attached hydrogens (tertiary/aromatic N) is 3. The average molecular weight is 501 g/mol. The Bertz CT molecular complexity index is 1150. The Morgan fingerprint density at radius 1 is 1.25 bits per heavy atom. The van der Waals surface area contributed by atoms with Crippen molar-refractivity contribution in [2.75, 3.05) is 30.4 Å². The number of rotatable bonds is 9. The minimum Gasteiger partial charge on any atom is -0.396 e. The van der Waals surface area contributed by atoms with Gasteiger partial charge in [0.1, 0.15) is 17.3 Å². The summed E-state index contributed by atoms with van der Waals surface area (Å²) in [5.74, 6) is -0.259. The second-order valence-electron chi connectivity index (χ2n) is 9.44. The summed E-state index contributed by atoms with van der Waals surface area (Å²) >= 11 is 0. The molecule has 0 saturated carbocycles.